The molecule has 0 saturated carbocycles. The van der Waals surface area contributed by atoms with Crippen LogP contribution < -0.4 is 4.74 Å². The van der Waals surface area contributed by atoms with Crippen LogP contribution in [0.2, 0.25) is 5.02 Å². The first-order chi connectivity index (χ1) is 14.3. The second-order valence-electron chi connectivity index (χ2n) is 7.06. The summed E-state index contributed by atoms with van der Waals surface area (Å²) in [5.41, 5.74) is 7.53. The van der Waals surface area contributed by atoms with Crippen molar-refractivity contribution in [2.45, 2.75) is 19.4 Å². The van der Waals surface area contributed by atoms with Gasteiger partial charge in [-0.25, -0.2) is 0 Å². The van der Waals surface area contributed by atoms with E-state index in [1.54, 1.807) is 0 Å². The summed E-state index contributed by atoms with van der Waals surface area (Å²) >= 11 is 6.36. The van der Waals surface area contributed by atoms with Crippen LogP contribution in [0.5, 0.6) is 5.75 Å². The van der Waals surface area contributed by atoms with Crippen molar-refractivity contribution in [3.63, 3.8) is 0 Å². The average molecular weight is 397 g/mol. The molecule has 0 radical (unpaired) electrons. The van der Waals surface area contributed by atoms with Gasteiger partial charge in [-0.3, -0.25) is 0 Å². The molecule has 1 nitrogen and oxygen atoms in total. The Balaban J connectivity index is 0.000000882. The number of halogens is 1. The van der Waals surface area contributed by atoms with Crippen molar-refractivity contribution >= 4 is 11.6 Å². The average Bonchev–Trinajstić information content (AvgIpc) is 3.05. The molecule has 1 aliphatic heterocycles. The van der Waals surface area contributed by atoms with E-state index in [0.717, 1.165) is 27.5 Å². The third-order valence-corrected chi connectivity index (χ3v) is 5.94. The van der Waals surface area contributed by atoms with E-state index in [-0.39, 0.29) is 0 Å². The van der Waals surface area contributed by atoms with Crippen LogP contribution in [-0.2, 0) is 5.60 Å². The van der Waals surface area contributed by atoms with E-state index in [1.165, 1.54) is 22.3 Å². The highest BCUT2D eigenvalue weighted by molar-refractivity contribution is 6.31. The first-order valence-electron chi connectivity index (χ1n) is 10.1. The molecule has 4 aromatic carbocycles. The van der Waals surface area contributed by atoms with E-state index in [4.69, 9.17) is 16.3 Å². The molecule has 4 aromatic rings. The van der Waals surface area contributed by atoms with Crippen molar-refractivity contribution in [2.75, 3.05) is 0 Å². The summed E-state index contributed by atoms with van der Waals surface area (Å²) < 4.78 is 6.86. The normalized spacial score (nSPS) is 17.2. The molecule has 2 heteroatoms. The summed E-state index contributed by atoms with van der Waals surface area (Å²) in [7, 11) is 0. The van der Waals surface area contributed by atoms with E-state index in [0.29, 0.717) is 0 Å². The van der Waals surface area contributed by atoms with Gasteiger partial charge in [-0.05, 0) is 34.9 Å². The van der Waals surface area contributed by atoms with Gasteiger partial charge in [-0.2, -0.15) is 0 Å². The van der Waals surface area contributed by atoms with Crippen LogP contribution in [0.3, 0.4) is 0 Å². The fraction of sp³-hybridized carbons (Fsp3) is 0.111. The predicted octanol–water partition coefficient (Wildman–Crippen LogP) is 7.70. The number of rotatable bonds is 0. The van der Waals surface area contributed by atoms with Gasteiger partial charge in [0.1, 0.15) is 5.75 Å². The van der Waals surface area contributed by atoms with Gasteiger partial charge in [0.05, 0.1) is 0 Å². The fourth-order valence-corrected chi connectivity index (χ4v) is 4.81. The van der Waals surface area contributed by atoms with Crippen LogP contribution >= 0.6 is 11.6 Å². The lowest BCUT2D eigenvalue weighted by molar-refractivity contribution is 0.157. The molecular weight excluding hydrogens is 376 g/mol. The number of benzene rings is 4. The van der Waals surface area contributed by atoms with Gasteiger partial charge in [0, 0.05) is 27.3 Å². The summed E-state index contributed by atoms with van der Waals surface area (Å²) in [5.74, 6) is 0.911. The number of ether oxygens (including phenoxy) is 1. The lowest BCUT2D eigenvalue weighted by Crippen LogP contribution is -2.36. The summed E-state index contributed by atoms with van der Waals surface area (Å²) in [6.45, 7) is 4.00. The fourth-order valence-electron chi connectivity index (χ4n) is 4.64. The molecule has 2 aliphatic rings. The van der Waals surface area contributed by atoms with Crippen LogP contribution in [0, 0.1) is 0 Å². The molecule has 29 heavy (non-hydrogen) atoms. The number of para-hydroxylation sites is 1. The third-order valence-electron chi connectivity index (χ3n) is 5.70. The molecule has 142 valence electrons. The second kappa shape index (κ2) is 6.79. The van der Waals surface area contributed by atoms with Crippen molar-refractivity contribution in [3.05, 3.63) is 113 Å². The molecule has 0 bridgehead atoms. The smallest absolute Gasteiger partial charge is 0.186 e. The van der Waals surface area contributed by atoms with E-state index in [2.05, 4.69) is 78.9 Å². The largest absolute Gasteiger partial charge is 0.472 e. The number of fused-ring (bicyclic) bond motifs is 9. The van der Waals surface area contributed by atoms with Crippen LogP contribution in [0.15, 0.2) is 91.0 Å². The second-order valence-corrected chi connectivity index (χ2v) is 7.50. The van der Waals surface area contributed by atoms with Crippen molar-refractivity contribution in [1.29, 1.82) is 0 Å². The van der Waals surface area contributed by atoms with Crippen molar-refractivity contribution < 1.29 is 4.74 Å². The quantitative estimate of drug-likeness (QED) is 0.296. The molecule has 0 fully saturated rings. The summed E-state index contributed by atoms with van der Waals surface area (Å²) in [5, 5.41) is 0.741. The van der Waals surface area contributed by atoms with Crippen LogP contribution in [0.1, 0.15) is 30.5 Å². The van der Waals surface area contributed by atoms with Gasteiger partial charge in [0.15, 0.2) is 5.60 Å². The van der Waals surface area contributed by atoms with Crippen LogP contribution in [0.4, 0.5) is 0 Å². The SMILES string of the molecule is CC.Clc1ccc2c(c1)-c1ccccc1C21Oc2ccccc2-c2ccccc21. The zero-order valence-electron chi connectivity index (χ0n) is 16.4. The molecule has 0 N–H and O–H groups in total. The molecule has 0 amide bonds. The standard InChI is InChI=1S/C25H15ClO.C2H6/c26-16-13-14-23-20(15-16)18-8-2-5-11-22(18)25(23)21-10-4-1-7-17(21)19-9-3-6-12-24(19)27-25;1-2/h1-15H;1-2H3. The van der Waals surface area contributed by atoms with Crippen molar-refractivity contribution in [3.8, 4) is 28.0 Å². The Hall–Kier alpha value is -3.03. The molecule has 1 aliphatic carbocycles. The molecule has 1 heterocycles. The van der Waals surface area contributed by atoms with Crippen LogP contribution in [0.25, 0.3) is 22.3 Å². The third kappa shape index (κ3) is 2.41. The molecule has 0 aromatic heterocycles. The number of hydrogen-bond donors (Lipinski definition) is 0. The van der Waals surface area contributed by atoms with Crippen molar-refractivity contribution in [1.82, 2.24) is 0 Å². The predicted molar refractivity (Wildman–Crippen MR) is 121 cm³/mol. The van der Waals surface area contributed by atoms with E-state index >= 15 is 0 Å². The van der Waals surface area contributed by atoms with Gasteiger partial charge in [0.2, 0.25) is 0 Å². The molecular formula is C27H21ClO. The first-order valence-corrected chi connectivity index (χ1v) is 10.4. The Labute approximate surface area is 176 Å². The van der Waals surface area contributed by atoms with Gasteiger partial charge >= 0.3 is 0 Å². The van der Waals surface area contributed by atoms with Crippen molar-refractivity contribution in [2.24, 2.45) is 0 Å². The highest BCUT2D eigenvalue weighted by Crippen LogP contribution is 2.58. The van der Waals surface area contributed by atoms with Crippen LogP contribution in [-0.4, -0.2) is 0 Å². The zero-order chi connectivity index (χ0) is 20.0. The Morgan fingerprint density at radius 1 is 0.586 bits per heavy atom. The monoisotopic (exact) mass is 396 g/mol. The zero-order valence-corrected chi connectivity index (χ0v) is 17.2. The molecule has 1 atom stereocenters. The van der Waals surface area contributed by atoms with Gasteiger partial charge in [-0.1, -0.05) is 98.2 Å². The highest BCUT2D eigenvalue weighted by Gasteiger charge is 2.50. The summed E-state index contributed by atoms with van der Waals surface area (Å²) in [6, 6.07) is 31.5. The Morgan fingerprint density at radius 3 is 1.79 bits per heavy atom. The maximum atomic E-state index is 6.86. The lowest BCUT2D eigenvalue weighted by atomic mass is 9.78. The minimum Gasteiger partial charge on any atom is -0.472 e. The highest BCUT2D eigenvalue weighted by atomic mass is 35.5. The molecule has 1 spiro atoms. The maximum absolute atomic E-state index is 6.86. The lowest BCUT2D eigenvalue weighted by Gasteiger charge is -2.39. The Morgan fingerprint density at radius 2 is 1.10 bits per heavy atom. The minimum atomic E-state index is -0.651. The van der Waals surface area contributed by atoms with E-state index in [9.17, 15) is 0 Å². The van der Waals surface area contributed by atoms with E-state index in [1.807, 2.05) is 26.0 Å². The maximum Gasteiger partial charge on any atom is 0.186 e. The topological polar surface area (TPSA) is 9.23 Å². The van der Waals surface area contributed by atoms with Gasteiger partial charge in [0.25, 0.3) is 0 Å². The Kier molecular flexibility index (Phi) is 4.22. The van der Waals surface area contributed by atoms with Gasteiger partial charge < -0.3 is 4.74 Å². The molecule has 6 rings (SSSR count). The summed E-state index contributed by atoms with van der Waals surface area (Å²) in [4.78, 5) is 0. The molecule has 0 saturated heterocycles. The molecule has 1 unspecified atom stereocenters. The summed E-state index contributed by atoms with van der Waals surface area (Å²) in [6.07, 6.45) is 0. The van der Waals surface area contributed by atoms with E-state index < -0.39 is 5.60 Å². The minimum absolute atomic E-state index is 0.651. The Bertz CT molecular complexity index is 1230. The first kappa shape index (κ1) is 18.0. The van der Waals surface area contributed by atoms with Gasteiger partial charge in [-0.15, -0.1) is 0 Å². The number of hydrogen-bond acceptors (Lipinski definition) is 1.